The largest absolute Gasteiger partial charge is 0.457 e. The summed E-state index contributed by atoms with van der Waals surface area (Å²) in [5.74, 6) is 0.0760. The molecule has 1 aliphatic carbocycles. The lowest BCUT2D eigenvalue weighted by Gasteiger charge is -2.16. The molecule has 0 saturated heterocycles. The maximum Gasteiger partial charge on any atom is 0.240 e. The van der Waals surface area contributed by atoms with Gasteiger partial charge in [0.15, 0.2) is 0 Å². The number of halogens is 2. The van der Waals surface area contributed by atoms with Crippen LogP contribution in [-0.2, 0) is 9.59 Å². The van der Waals surface area contributed by atoms with Gasteiger partial charge in [-0.05, 0) is 98.1 Å². The molecule has 0 radical (unpaired) electrons. The lowest BCUT2D eigenvalue weighted by molar-refractivity contribution is -0.131. The Bertz CT molecular complexity index is 1720. The van der Waals surface area contributed by atoms with Crippen molar-refractivity contribution in [3.63, 3.8) is 0 Å². The third kappa shape index (κ3) is 5.88. The third-order valence-corrected chi connectivity index (χ3v) is 7.01. The molecule has 2 aromatic heterocycles. The van der Waals surface area contributed by atoms with Gasteiger partial charge in [0.2, 0.25) is 11.8 Å². The number of nitrogens with one attached hydrogen (secondary N) is 2. The highest BCUT2D eigenvalue weighted by atomic mass is 35.5. The van der Waals surface area contributed by atoms with Crippen LogP contribution in [0.1, 0.15) is 18.5 Å². The number of ether oxygens (including phenoxy) is 1. The summed E-state index contributed by atoms with van der Waals surface area (Å²) in [7, 11) is 0. The predicted octanol–water partition coefficient (Wildman–Crippen LogP) is 7.32. The maximum absolute atomic E-state index is 13.2. The van der Waals surface area contributed by atoms with Crippen molar-refractivity contribution in [1.29, 1.82) is 0 Å². The molecule has 1 aliphatic rings. The molecule has 0 spiro atoms. The van der Waals surface area contributed by atoms with Crippen molar-refractivity contribution in [1.82, 2.24) is 9.97 Å². The number of carbonyl (C=O) groups is 2. The molecule has 2 N–H and O–H groups in total. The Morgan fingerprint density at radius 1 is 0.805 bits per heavy atom. The number of pyridine rings is 2. The van der Waals surface area contributed by atoms with Crippen molar-refractivity contribution < 1.29 is 18.7 Å². The van der Waals surface area contributed by atoms with Crippen molar-refractivity contribution in [3.8, 4) is 22.6 Å². The summed E-state index contributed by atoms with van der Waals surface area (Å²) in [6.45, 7) is 1.95. The second kappa shape index (κ2) is 11.3. The average molecular weight is 569 g/mol. The molecular formula is C32H26ClFN4O3. The minimum atomic E-state index is -1.13. The van der Waals surface area contributed by atoms with Crippen LogP contribution in [0.5, 0.6) is 11.5 Å². The minimum absolute atomic E-state index is 0. The van der Waals surface area contributed by atoms with Crippen molar-refractivity contribution in [3.05, 3.63) is 109 Å². The average Bonchev–Trinajstić information content (AvgIpc) is 3.78. The van der Waals surface area contributed by atoms with E-state index in [1.54, 1.807) is 30.5 Å². The zero-order valence-electron chi connectivity index (χ0n) is 22.1. The van der Waals surface area contributed by atoms with E-state index in [0.29, 0.717) is 35.7 Å². The molecular weight excluding hydrogens is 543 g/mol. The Morgan fingerprint density at radius 3 is 2.05 bits per heavy atom. The Hall–Kier alpha value is -4.82. The Morgan fingerprint density at radius 2 is 1.44 bits per heavy atom. The predicted molar refractivity (Wildman–Crippen MR) is 159 cm³/mol. The molecule has 0 bridgehead atoms. The Kier molecular flexibility index (Phi) is 7.68. The van der Waals surface area contributed by atoms with Gasteiger partial charge in [-0.3, -0.25) is 19.6 Å². The highest BCUT2D eigenvalue weighted by molar-refractivity contribution is 6.16. The van der Waals surface area contributed by atoms with E-state index >= 15 is 0 Å². The second-order valence-corrected chi connectivity index (χ2v) is 9.85. The van der Waals surface area contributed by atoms with Gasteiger partial charge in [0.25, 0.3) is 0 Å². The van der Waals surface area contributed by atoms with E-state index in [1.807, 2.05) is 49.5 Å². The SMILES string of the molecule is Cc1ccc(-c2ccc3c(Oc4ccc(NC(=O)C5(C(=O)Nc6ccc(F)cc6)CC5)cc4)ccnc3c2)cn1.Cl. The van der Waals surface area contributed by atoms with Crippen LogP contribution in [-0.4, -0.2) is 21.8 Å². The first-order valence-electron chi connectivity index (χ1n) is 12.9. The fourth-order valence-electron chi connectivity index (χ4n) is 4.48. The molecule has 0 aliphatic heterocycles. The van der Waals surface area contributed by atoms with Gasteiger partial charge in [0.1, 0.15) is 22.7 Å². The van der Waals surface area contributed by atoms with Crippen LogP contribution in [0.4, 0.5) is 15.8 Å². The molecule has 2 amide bonds. The number of nitrogens with zero attached hydrogens (tertiary/aromatic N) is 2. The summed E-state index contributed by atoms with van der Waals surface area (Å²) in [6.07, 6.45) is 4.45. The van der Waals surface area contributed by atoms with Crippen LogP contribution < -0.4 is 15.4 Å². The fraction of sp³-hybridized carbons (Fsp3) is 0.125. The summed E-state index contributed by atoms with van der Waals surface area (Å²) < 4.78 is 19.3. The molecule has 5 aromatic rings. The van der Waals surface area contributed by atoms with E-state index in [9.17, 15) is 14.0 Å². The van der Waals surface area contributed by atoms with Crippen LogP contribution in [0, 0.1) is 18.2 Å². The molecule has 0 atom stereocenters. The van der Waals surface area contributed by atoms with Crippen LogP contribution in [0.15, 0.2) is 97.3 Å². The van der Waals surface area contributed by atoms with Gasteiger partial charge in [0.05, 0.1) is 5.52 Å². The number of carbonyl (C=O) groups excluding carboxylic acids is 2. The van der Waals surface area contributed by atoms with Gasteiger partial charge in [-0.2, -0.15) is 0 Å². The number of benzene rings is 3. The zero-order valence-corrected chi connectivity index (χ0v) is 22.9. The summed E-state index contributed by atoms with van der Waals surface area (Å²) in [5, 5.41) is 6.41. The van der Waals surface area contributed by atoms with Crippen molar-refractivity contribution in [2.75, 3.05) is 10.6 Å². The number of fused-ring (bicyclic) bond motifs is 1. The van der Waals surface area contributed by atoms with Gasteiger partial charge < -0.3 is 15.4 Å². The lowest BCUT2D eigenvalue weighted by atomic mass is 10.0. The summed E-state index contributed by atoms with van der Waals surface area (Å²) >= 11 is 0. The van der Waals surface area contributed by atoms with E-state index < -0.39 is 17.1 Å². The van der Waals surface area contributed by atoms with Gasteiger partial charge in [-0.1, -0.05) is 12.1 Å². The summed E-state index contributed by atoms with van der Waals surface area (Å²) in [6, 6.07) is 24.2. The summed E-state index contributed by atoms with van der Waals surface area (Å²) in [5.41, 5.74) is 3.65. The molecule has 2 heterocycles. The number of hydrogen-bond acceptors (Lipinski definition) is 5. The number of aryl methyl sites for hydroxylation is 1. The molecule has 1 fully saturated rings. The molecule has 6 rings (SSSR count). The smallest absolute Gasteiger partial charge is 0.240 e. The minimum Gasteiger partial charge on any atom is -0.457 e. The maximum atomic E-state index is 13.2. The van der Waals surface area contributed by atoms with Crippen molar-refractivity contribution in [2.45, 2.75) is 19.8 Å². The van der Waals surface area contributed by atoms with Crippen LogP contribution >= 0.6 is 12.4 Å². The first-order chi connectivity index (χ1) is 19.4. The van der Waals surface area contributed by atoms with E-state index in [-0.39, 0.29) is 18.3 Å². The topological polar surface area (TPSA) is 93.2 Å². The molecule has 1 saturated carbocycles. The number of rotatable bonds is 7. The fourth-order valence-corrected chi connectivity index (χ4v) is 4.48. The van der Waals surface area contributed by atoms with Gasteiger partial charge in [0, 0.05) is 40.4 Å². The number of amides is 2. The number of anilines is 2. The highest BCUT2D eigenvalue weighted by Crippen LogP contribution is 2.47. The molecule has 41 heavy (non-hydrogen) atoms. The third-order valence-electron chi connectivity index (χ3n) is 7.01. The zero-order chi connectivity index (χ0) is 27.7. The van der Waals surface area contributed by atoms with Crippen molar-refractivity contribution in [2.24, 2.45) is 5.41 Å². The highest BCUT2D eigenvalue weighted by Gasteiger charge is 2.56. The van der Waals surface area contributed by atoms with Gasteiger partial charge >= 0.3 is 0 Å². The summed E-state index contributed by atoms with van der Waals surface area (Å²) in [4.78, 5) is 34.7. The number of hydrogen-bond donors (Lipinski definition) is 2. The van der Waals surface area contributed by atoms with Gasteiger partial charge in [-0.25, -0.2) is 4.39 Å². The van der Waals surface area contributed by atoms with E-state index in [2.05, 4.69) is 20.6 Å². The first kappa shape index (κ1) is 27.7. The lowest BCUT2D eigenvalue weighted by Crippen LogP contribution is -2.35. The quantitative estimate of drug-likeness (QED) is 0.201. The molecule has 3 aromatic carbocycles. The van der Waals surface area contributed by atoms with Crippen LogP contribution in [0.3, 0.4) is 0 Å². The Labute approximate surface area is 242 Å². The van der Waals surface area contributed by atoms with Gasteiger partial charge in [-0.15, -0.1) is 12.4 Å². The first-order valence-corrected chi connectivity index (χ1v) is 12.9. The Balaban J connectivity index is 0.00000337. The van der Waals surface area contributed by atoms with E-state index in [1.165, 1.54) is 24.3 Å². The van der Waals surface area contributed by atoms with Crippen LogP contribution in [0.25, 0.3) is 22.0 Å². The molecule has 0 unspecified atom stereocenters. The van der Waals surface area contributed by atoms with E-state index in [4.69, 9.17) is 4.74 Å². The standard InChI is InChI=1S/C32H25FN4O3.ClH/c1-20-2-3-22(19-35-20)21-4-13-27-28(18-21)34-17-14-29(27)40-26-11-9-25(10-12-26)37-31(39)32(15-16-32)30(38)36-24-7-5-23(33)6-8-24;/h2-14,17-19H,15-16H2,1H3,(H,36,38)(H,37,39);1H. The van der Waals surface area contributed by atoms with Crippen molar-refractivity contribution >= 4 is 46.5 Å². The van der Waals surface area contributed by atoms with E-state index in [0.717, 1.165) is 27.7 Å². The molecule has 9 heteroatoms. The van der Waals surface area contributed by atoms with Crippen LogP contribution in [0.2, 0.25) is 0 Å². The normalized spacial score (nSPS) is 13.1. The molecule has 206 valence electrons. The number of aromatic nitrogens is 2. The monoisotopic (exact) mass is 568 g/mol. The second-order valence-electron chi connectivity index (χ2n) is 9.85. The molecule has 7 nitrogen and oxygen atoms in total.